The summed E-state index contributed by atoms with van der Waals surface area (Å²) in [5.74, 6) is 0.649. The molecule has 0 radical (unpaired) electrons. The quantitative estimate of drug-likeness (QED) is 0.653. The summed E-state index contributed by atoms with van der Waals surface area (Å²) in [6, 6.07) is 12.6. The average Bonchev–Trinajstić information content (AvgIpc) is 3.30. The first-order chi connectivity index (χ1) is 12.2. The molecule has 0 aliphatic carbocycles. The van der Waals surface area contributed by atoms with E-state index >= 15 is 0 Å². The van der Waals surface area contributed by atoms with E-state index in [9.17, 15) is 10.1 Å². The Kier molecular flexibility index (Phi) is 5.54. The maximum Gasteiger partial charge on any atom is 0.262 e. The highest BCUT2D eigenvalue weighted by Gasteiger charge is 2.18. The van der Waals surface area contributed by atoms with Crippen LogP contribution in [0.4, 0.5) is 0 Å². The zero-order valence-corrected chi connectivity index (χ0v) is 14.3. The smallest absolute Gasteiger partial charge is 0.262 e. The second-order valence-corrected chi connectivity index (χ2v) is 6.16. The van der Waals surface area contributed by atoms with Crippen molar-refractivity contribution >= 4 is 23.6 Å². The summed E-state index contributed by atoms with van der Waals surface area (Å²) in [6.45, 7) is 1.13. The van der Waals surface area contributed by atoms with E-state index in [1.165, 1.54) is 6.08 Å². The zero-order valence-electron chi connectivity index (χ0n) is 13.5. The number of nitriles is 1. The number of nitrogens with zero attached hydrogens (tertiary/aromatic N) is 1. The molecule has 0 saturated carbocycles. The molecule has 1 aliphatic heterocycles. The predicted molar refractivity (Wildman–Crippen MR) is 94.7 cm³/mol. The molecule has 1 amide bonds. The summed E-state index contributed by atoms with van der Waals surface area (Å²) < 4.78 is 11.1. The predicted octanol–water partition coefficient (Wildman–Crippen LogP) is 3.80. The van der Waals surface area contributed by atoms with E-state index < -0.39 is 5.91 Å². The fourth-order valence-electron chi connectivity index (χ4n) is 2.60. The van der Waals surface area contributed by atoms with E-state index in [4.69, 9.17) is 20.8 Å². The van der Waals surface area contributed by atoms with Crippen molar-refractivity contribution in [2.24, 2.45) is 0 Å². The Labute approximate surface area is 150 Å². The summed E-state index contributed by atoms with van der Waals surface area (Å²) in [5, 5.41) is 12.6. The van der Waals surface area contributed by atoms with Gasteiger partial charge in [-0.1, -0.05) is 11.6 Å². The van der Waals surface area contributed by atoms with Gasteiger partial charge in [-0.25, -0.2) is 0 Å². The normalized spacial score (nSPS) is 17.3. The van der Waals surface area contributed by atoms with Crippen LogP contribution >= 0.6 is 11.6 Å². The number of nitrogens with one attached hydrogen (secondary N) is 1. The second-order valence-electron chi connectivity index (χ2n) is 5.72. The van der Waals surface area contributed by atoms with Gasteiger partial charge in [-0.3, -0.25) is 4.79 Å². The van der Waals surface area contributed by atoms with Crippen LogP contribution in [-0.4, -0.2) is 25.2 Å². The summed E-state index contributed by atoms with van der Waals surface area (Å²) in [7, 11) is 0. The lowest BCUT2D eigenvalue weighted by Crippen LogP contribution is -2.32. The first-order valence-corrected chi connectivity index (χ1v) is 8.41. The molecule has 128 valence electrons. The number of hydrogen-bond donors (Lipinski definition) is 1. The van der Waals surface area contributed by atoms with Gasteiger partial charge in [-0.2, -0.15) is 5.26 Å². The maximum absolute atomic E-state index is 12.1. The minimum absolute atomic E-state index is 0.00463. The van der Waals surface area contributed by atoms with Gasteiger partial charge < -0.3 is 14.5 Å². The van der Waals surface area contributed by atoms with E-state index in [1.807, 2.05) is 18.2 Å². The lowest BCUT2D eigenvalue weighted by atomic mass is 10.2. The average molecular weight is 357 g/mol. The summed E-state index contributed by atoms with van der Waals surface area (Å²) in [4.78, 5) is 12.1. The van der Waals surface area contributed by atoms with Gasteiger partial charge in [0.15, 0.2) is 0 Å². The van der Waals surface area contributed by atoms with Crippen molar-refractivity contribution in [3.63, 3.8) is 0 Å². The van der Waals surface area contributed by atoms with Gasteiger partial charge in [-0.15, -0.1) is 0 Å². The van der Waals surface area contributed by atoms with Crippen LogP contribution in [-0.2, 0) is 9.53 Å². The van der Waals surface area contributed by atoms with Crippen LogP contribution in [0.3, 0.4) is 0 Å². The first kappa shape index (κ1) is 17.3. The van der Waals surface area contributed by atoms with Crippen molar-refractivity contribution in [3.05, 3.63) is 52.8 Å². The number of carbonyl (C=O) groups is 1. The van der Waals surface area contributed by atoms with Gasteiger partial charge in [0.05, 0.1) is 6.10 Å². The molecular formula is C19H17ClN2O3. The third-order valence-electron chi connectivity index (χ3n) is 3.92. The molecule has 1 aromatic heterocycles. The molecule has 6 heteroatoms. The van der Waals surface area contributed by atoms with Crippen molar-refractivity contribution in [1.82, 2.24) is 5.32 Å². The molecule has 0 bridgehead atoms. The molecule has 3 rings (SSSR count). The number of hydrogen-bond acceptors (Lipinski definition) is 4. The fourth-order valence-corrected chi connectivity index (χ4v) is 2.72. The number of furan rings is 1. The van der Waals surface area contributed by atoms with Gasteiger partial charge in [0.2, 0.25) is 0 Å². The Balaban J connectivity index is 1.68. The van der Waals surface area contributed by atoms with Crippen LogP contribution in [0.25, 0.3) is 17.4 Å². The van der Waals surface area contributed by atoms with Gasteiger partial charge in [0.1, 0.15) is 23.2 Å². The van der Waals surface area contributed by atoms with Crippen LogP contribution in [0.5, 0.6) is 0 Å². The molecule has 1 saturated heterocycles. The molecular weight excluding hydrogens is 340 g/mol. The van der Waals surface area contributed by atoms with E-state index in [-0.39, 0.29) is 11.7 Å². The van der Waals surface area contributed by atoms with Gasteiger partial charge in [0, 0.05) is 29.8 Å². The lowest BCUT2D eigenvalue weighted by molar-refractivity contribution is -0.117. The minimum Gasteiger partial charge on any atom is -0.457 e. The molecule has 1 fully saturated rings. The van der Waals surface area contributed by atoms with Crippen LogP contribution in [0, 0.1) is 11.3 Å². The lowest BCUT2D eigenvalue weighted by Gasteiger charge is -2.09. The maximum atomic E-state index is 12.1. The van der Waals surface area contributed by atoms with Crippen molar-refractivity contribution in [2.45, 2.75) is 18.9 Å². The van der Waals surface area contributed by atoms with E-state index in [0.717, 1.165) is 25.0 Å². The van der Waals surface area contributed by atoms with Crippen LogP contribution in [0.1, 0.15) is 18.6 Å². The highest BCUT2D eigenvalue weighted by Crippen LogP contribution is 2.24. The Morgan fingerprint density at radius 2 is 2.12 bits per heavy atom. The molecule has 1 aliphatic rings. The third kappa shape index (κ3) is 4.50. The molecule has 0 spiro atoms. The van der Waals surface area contributed by atoms with Gasteiger partial charge in [0.25, 0.3) is 5.91 Å². The molecule has 5 nitrogen and oxygen atoms in total. The Hall–Kier alpha value is -2.55. The Morgan fingerprint density at radius 1 is 1.32 bits per heavy atom. The number of amides is 1. The zero-order chi connectivity index (χ0) is 17.6. The van der Waals surface area contributed by atoms with Crippen LogP contribution in [0.15, 0.2) is 46.4 Å². The van der Waals surface area contributed by atoms with Crippen molar-refractivity contribution in [3.8, 4) is 17.4 Å². The molecule has 1 aromatic carbocycles. The summed E-state index contributed by atoms with van der Waals surface area (Å²) >= 11 is 5.87. The van der Waals surface area contributed by atoms with Crippen LogP contribution in [0.2, 0.25) is 5.02 Å². The van der Waals surface area contributed by atoms with Gasteiger partial charge in [-0.05, 0) is 49.2 Å². The molecule has 25 heavy (non-hydrogen) atoms. The molecule has 2 heterocycles. The Bertz CT molecular complexity index is 812. The number of halogens is 1. The fraction of sp³-hybridized carbons (Fsp3) is 0.263. The van der Waals surface area contributed by atoms with Crippen molar-refractivity contribution in [2.75, 3.05) is 13.2 Å². The number of ether oxygens (including phenoxy) is 1. The largest absolute Gasteiger partial charge is 0.457 e. The van der Waals surface area contributed by atoms with E-state index in [0.29, 0.717) is 23.1 Å². The van der Waals surface area contributed by atoms with E-state index in [2.05, 4.69) is 5.32 Å². The number of rotatable bonds is 5. The summed E-state index contributed by atoms with van der Waals surface area (Å²) in [5.41, 5.74) is 0.861. The summed E-state index contributed by atoms with van der Waals surface area (Å²) in [6.07, 6.45) is 3.39. The standard InChI is InChI=1S/C19H17ClN2O3/c20-15-5-3-13(4-6-15)18-8-7-16(25-18)10-14(11-21)19(23)22-12-17-2-1-9-24-17/h3-8,10,17H,1-2,9,12H2,(H,22,23)/b14-10+/t17-/m0/s1. The third-order valence-corrected chi connectivity index (χ3v) is 4.17. The minimum atomic E-state index is -0.428. The van der Waals surface area contributed by atoms with Crippen molar-refractivity contribution in [1.29, 1.82) is 5.26 Å². The SMILES string of the molecule is N#C/C(=C\c1ccc(-c2ccc(Cl)cc2)o1)C(=O)NC[C@@H]1CCCO1. The number of carbonyl (C=O) groups excluding carboxylic acids is 1. The highest BCUT2D eigenvalue weighted by molar-refractivity contribution is 6.30. The van der Waals surface area contributed by atoms with Gasteiger partial charge >= 0.3 is 0 Å². The topological polar surface area (TPSA) is 75.3 Å². The highest BCUT2D eigenvalue weighted by atomic mass is 35.5. The molecule has 0 unspecified atom stereocenters. The monoisotopic (exact) mass is 356 g/mol. The van der Waals surface area contributed by atoms with E-state index in [1.54, 1.807) is 24.3 Å². The second kappa shape index (κ2) is 8.02. The molecule has 1 N–H and O–H groups in total. The van der Waals surface area contributed by atoms with Crippen LogP contribution < -0.4 is 5.32 Å². The Morgan fingerprint density at radius 3 is 2.80 bits per heavy atom. The van der Waals surface area contributed by atoms with Crippen molar-refractivity contribution < 1.29 is 13.9 Å². The first-order valence-electron chi connectivity index (χ1n) is 8.03. The number of benzene rings is 1. The molecule has 1 atom stereocenters. The molecule has 2 aromatic rings.